The maximum atomic E-state index is 11.5. The Morgan fingerprint density at radius 1 is 1.05 bits per heavy atom. The van der Waals surface area contributed by atoms with Crippen molar-refractivity contribution < 1.29 is 19.8 Å². The Morgan fingerprint density at radius 2 is 1.90 bits per heavy atom. The van der Waals surface area contributed by atoms with Crippen molar-refractivity contribution in [1.29, 1.82) is 0 Å². The number of hydrogen-bond donors (Lipinski definition) is 2. The molecule has 0 radical (unpaired) electrons. The van der Waals surface area contributed by atoms with Crippen molar-refractivity contribution >= 4 is 29.0 Å². The highest BCUT2D eigenvalue weighted by Crippen LogP contribution is 2.35. The van der Waals surface area contributed by atoms with Gasteiger partial charge < -0.3 is 5.11 Å². The van der Waals surface area contributed by atoms with Crippen LogP contribution in [0.1, 0.15) is 33.1 Å². The van der Waals surface area contributed by atoms with Crippen molar-refractivity contribution in [2.24, 2.45) is 4.99 Å². The number of carbonyl (C=O) groups is 1. The van der Waals surface area contributed by atoms with Gasteiger partial charge in [-0.05, 0) is 64.4 Å². The van der Waals surface area contributed by atoms with Crippen molar-refractivity contribution in [3.63, 3.8) is 0 Å². The molecule has 0 fully saturated rings. The lowest BCUT2D eigenvalue weighted by atomic mass is 9.88. The number of carboxylic acid groups (broad SMARTS) is 1. The Kier molecular flexibility index (Phi) is 6.34. The van der Waals surface area contributed by atoms with Crippen LogP contribution < -0.4 is 4.73 Å². The summed E-state index contributed by atoms with van der Waals surface area (Å²) in [5.74, 6) is -1.25. The highest BCUT2D eigenvalue weighted by Gasteiger charge is 2.32. The Bertz CT molecular complexity index is 1720. The molecule has 0 saturated carbocycles. The van der Waals surface area contributed by atoms with Crippen molar-refractivity contribution in [2.45, 2.75) is 18.8 Å². The average molecular weight is 538 g/mol. The molecule has 10 heteroatoms. The van der Waals surface area contributed by atoms with Gasteiger partial charge in [-0.15, -0.1) is 5.10 Å². The molecule has 1 aliphatic rings. The summed E-state index contributed by atoms with van der Waals surface area (Å²) >= 11 is 6.32. The molecule has 2 N–H and O–H groups in total. The van der Waals surface area contributed by atoms with Crippen LogP contribution >= 0.6 is 11.6 Å². The van der Waals surface area contributed by atoms with Crippen LogP contribution in [-0.4, -0.2) is 42.2 Å². The summed E-state index contributed by atoms with van der Waals surface area (Å²) in [5.41, 5.74) is 6.57. The van der Waals surface area contributed by atoms with Crippen LogP contribution in [0.5, 0.6) is 0 Å². The average Bonchev–Trinajstić information content (AvgIpc) is 3.62. The van der Waals surface area contributed by atoms with Crippen molar-refractivity contribution in [2.75, 3.05) is 0 Å². The van der Waals surface area contributed by atoms with Gasteiger partial charge in [-0.1, -0.05) is 48.0 Å². The number of aliphatic imine (C=N–C) groups is 1. The van der Waals surface area contributed by atoms with Gasteiger partial charge in [-0.3, -0.25) is 10.2 Å². The number of hydrogen-bond acceptors (Lipinski definition) is 6. The van der Waals surface area contributed by atoms with Gasteiger partial charge >= 0.3 is 5.97 Å². The quantitative estimate of drug-likeness (QED) is 0.226. The number of aromatic nitrogens is 5. The standard InChI is InChI=1S/C29H21ClN6O3/c30-22-9-11-27(35-17-31-33-34-35)23(15-22)21-8-10-28(36(39)16-21)24(12-18-4-2-1-3-5-18)26-13-19-6-7-20(29(37)38)14-25(19)32-26/h1-11,14-17,24H,12-13H2,(H-,37,38,39)/p+1. The van der Waals surface area contributed by atoms with Gasteiger partial charge in [0.1, 0.15) is 6.33 Å². The van der Waals surface area contributed by atoms with Gasteiger partial charge in [-0.25, -0.2) is 4.79 Å². The summed E-state index contributed by atoms with van der Waals surface area (Å²) in [6.07, 6.45) is 4.30. The molecular weight excluding hydrogens is 516 g/mol. The van der Waals surface area contributed by atoms with Crippen LogP contribution in [0.2, 0.25) is 5.02 Å². The van der Waals surface area contributed by atoms with E-state index >= 15 is 0 Å². The lowest BCUT2D eigenvalue weighted by Crippen LogP contribution is -2.39. The van der Waals surface area contributed by atoms with Crippen LogP contribution in [0.3, 0.4) is 0 Å². The van der Waals surface area contributed by atoms with E-state index in [1.54, 1.807) is 30.5 Å². The molecule has 5 aromatic rings. The topological polar surface area (TPSA) is 117 Å². The third kappa shape index (κ3) is 4.87. The first-order valence-electron chi connectivity index (χ1n) is 12.2. The summed E-state index contributed by atoms with van der Waals surface area (Å²) in [7, 11) is 0. The van der Waals surface area contributed by atoms with Crippen molar-refractivity contribution in [3.8, 4) is 16.8 Å². The second-order valence-corrected chi connectivity index (χ2v) is 9.71. The highest BCUT2D eigenvalue weighted by molar-refractivity contribution is 6.31. The fourth-order valence-corrected chi connectivity index (χ4v) is 5.10. The smallest absolute Gasteiger partial charge is 0.335 e. The summed E-state index contributed by atoms with van der Waals surface area (Å²) < 4.78 is 2.66. The maximum Gasteiger partial charge on any atom is 0.335 e. The Hall–Kier alpha value is -4.89. The third-order valence-electron chi connectivity index (χ3n) is 6.83. The van der Waals surface area contributed by atoms with E-state index in [4.69, 9.17) is 16.6 Å². The molecule has 9 nitrogen and oxygen atoms in total. The van der Waals surface area contributed by atoms with Crippen LogP contribution in [-0.2, 0) is 12.8 Å². The summed E-state index contributed by atoms with van der Waals surface area (Å²) in [4.78, 5) is 16.3. The summed E-state index contributed by atoms with van der Waals surface area (Å²) in [6, 6.07) is 24.2. The van der Waals surface area contributed by atoms with Gasteiger partial charge in [0, 0.05) is 33.5 Å². The zero-order valence-electron chi connectivity index (χ0n) is 20.5. The number of pyridine rings is 1. The number of fused-ring (bicyclic) bond motifs is 1. The van der Waals surface area contributed by atoms with Crippen molar-refractivity contribution in [1.82, 2.24) is 20.2 Å². The lowest BCUT2D eigenvalue weighted by molar-refractivity contribution is -0.909. The number of tetrazole rings is 1. The number of benzene rings is 3. The minimum atomic E-state index is -0.992. The summed E-state index contributed by atoms with van der Waals surface area (Å²) in [6.45, 7) is 0. The Labute approximate surface area is 228 Å². The predicted octanol–water partition coefficient (Wildman–Crippen LogP) is 4.86. The first-order valence-corrected chi connectivity index (χ1v) is 12.6. The molecule has 1 aliphatic heterocycles. The van der Waals surface area contributed by atoms with Crippen LogP contribution in [0.25, 0.3) is 16.8 Å². The van der Waals surface area contributed by atoms with E-state index in [0.717, 1.165) is 32.7 Å². The molecule has 0 saturated heterocycles. The molecule has 3 heterocycles. The maximum absolute atomic E-state index is 11.5. The second kappa shape index (κ2) is 10.1. The second-order valence-electron chi connectivity index (χ2n) is 9.27. The van der Waals surface area contributed by atoms with Crippen molar-refractivity contribution in [3.05, 3.63) is 119 Å². The van der Waals surface area contributed by atoms with E-state index in [9.17, 15) is 15.1 Å². The van der Waals surface area contributed by atoms with Gasteiger partial charge in [0.05, 0.1) is 28.4 Å². The number of rotatable bonds is 7. The number of carboxylic acids is 1. The largest absolute Gasteiger partial charge is 0.478 e. The van der Waals surface area contributed by atoms with E-state index in [2.05, 4.69) is 15.5 Å². The number of nitrogens with zero attached hydrogens (tertiary/aromatic N) is 6. The molecule has 2 aromatic heterocycles. The molecule has 0 amide bonds. The van der Waals surface area contributed by atoms with Gasteiger partial charge in [-0.2, -0.15) is 4.68 Å². The molecule has 6 rings (SSSR count). The SMILES string of the molecule is O=C(O)c1ccc2c(c1)N=C(C(Cc1ccccc1)c1ccc(-c3cc(Cl)ccc3-n3cnnn3)c[n+]1O)C2. The monoisotopic (exact) mass is 537 g/mol. The normalized spacial score (nSPS) is 13.1. The van der Waals surface area contributed by atoms with Crippen LogP contribution in [0.4, 0.5) is 5.69 Å². The Morgan fingerprint density at radius 3 is 2.64 bits per heavy atom. The molecule has 0 bridgehead atoms. The summed E-state index contributed by atoms with van der Waals surface area (Å²) in [5, 5.41) is 32.7. The molecule has 192 valence electrons. The molecule has 0 aliphatic carbocycles. The molecule has 3 aromatic carbocycles. The number of halogens is 1. The fraction of sp³-hybridized carbons (Fsp3) is 0.103. The Balaban J connectivity index is 1.41. The number of aromatic carboxylic acids is 1. The molecular formula is C29H22ClN6O3+. The molecule has 0 spiro atoms. The first kappa shape index (κ1) is 24.4. The molecule has 39 heavy (non-hydrogen) atoms. The fourth-order valence-electron chi connectivity index (χ4n) is 4.93. The van der Waals surface area contributed by atoms with Crippen LogP contribution in [0, 0.1) is 0 Å². The minimum absolute atomic E-state index is 0.194. The van der Waals surface area contributed by atoms with E-state index < -0.39 is 5.97 Å². The van der Waals surface area contributed by atoms with Gasteiger partial charge in [0.2, 0.25) is 11.9 Å². The predicted molar refractivity (Wildman–Crippen MR) is 144 cm³/mol. The first-order chi connectivity index (χ1) is 19.0. The van der Waals surface area contributed by atoms with Gasteiger partial charge in [0.25, 0.3) is 0 Å². The lowest BCUT2D eigenvalue weighted by Gasteiger charge is -2.15. The van der Waals surface area contributed by atoms with Crippen LogP contribution in [0.15, 0.2) is 96.4 Å². The molecule has 1 atom stereocenters. The third-order valence-corrected chi connectivity index (χ3v) is 7.07. The van der Waals surface area contributed by atoms with E-state index in [-0.39, 0.29) is 11.5 Å². The zero-order valence-corrected chi connectivity index (χ0v) is 21.3. The highest BCUT2D eigenvalue weighted by atomic mass is 35.5. The van der Waals surface area contributed by atoms with E-state index in [1.165, 1.54) is 11.0 Å². The molecule has 1 unspecified atom stereocenters. The van der Waals surface area contributed by atoms with E-state index in [1.807, 2.05) is 54.6 Å². The van der Waals surface area contributed by atoms with E-state index in [0.29, 0.717) is 34.9 Å². The zero-order chi connectivity index (χ0) is 26.9. The van der Waals surface area contributed by atoms with Gasteiger partial charge in [0.15, 0.2) is 0 Å². The minimum Gasteiger partial charge on any atom is -0.478 e.